The number of alkyl halides is 2. The number of aliphatic hydroxyl groups excluding tert-OH is 1. The number of fused-ring (bicyclic) bond motifs is 2. The van der Waals surface area contributed by atoms with E-state index in [9.17, 15) is 18.7 Å². The molecule has 2 atom stereocenters. The number of hydrogen-bond donors (Lipinski definition) is 1. The second-order valence-electron chi connectivity index (χ2n) is 5.34. The molecule has 1 N–H and O–H groups in total. The summed E-state index contributed by atoms with van der Waals surface area (Å²) in [5.74, 6) is -4.54. The Morgan fingerprint density at radius 1 is 1.50 bits per heavy atom. The topological polar surface area (TPSA) is 46.5 Å². The number of ether oxygens (including phenoxy) is 1. The quantitative estimate of drug-likeness (QED) is 0.740. The summed E-state index contributed by atoms with van der Waals surface area (Å²) in [5, 5.41) is 9.93. The largest absolute Gasteiger partial charge is 0.452 e. The summed E-state index contributed by atoms with van der Waals surface area (Å²) in [6.45, 7) is 2.05. The summed E-state index contributed by atoms with van der Waals surface area (Å²) < 4.78 is 30.3. The predicted molar refractivity (Wildman–Crippen MR) is 52.0 cm³/mol. The first-order valence-electron chi connectivity index (χ1n) is 5.52. The van der Waals surface area contributed by atoms with E-state index in [-0.39, 0.29) is 5.92 Å². The van der Waals surface area contributed by atoms with E-state index in [1.54, 1.807) is 6.92 Å². The molecule has 0 aromatic carbocycles. The first-order valence-corrected chi connectivity index (χ1v) is 5.52. The first-order chi connectivity index (χ1) is 7.22. The molecule has 0 aromatic rings. The number of hydrogen-bond acceptors (Lipinski definition) is 3. The fraction of sp³-hybridized carbons (Fsp3) is 0.909. The van der Waals surface area contributed by atoms with Gasteiger partial charge in [-0.3, -0.25) is 0 Å². The SMILES string of the molecule is CC(F)(F)C(=O)OC1(C)CC2CC(C2)C1O. The van der Waals surface area contributed by atoms with Crippen molar-refractivity contribution in [2.75, 3.05) is 0 Å². The molecule has 16 heavy (non-hydrogen) atoms. The molecule has 0 spiro atoms. The van der Waals surface area contributed by atoms with Crippen molar-refractivity contribution < 1.29 is 23.4 Å². The maximum absolute atomic E-state index is 12.7. The molecule has 2 bridgehead atoms. The van der Waals surface area contributed by atoms with Gasteiger partial charge in [-0.05, 0) is 38.0 Å². The molecule has 3 fully saturated rings. The predicted octanol–water partition coefficient (Wildman–Crippen LogP) is 1.73. The van der Waals surface area contributed by atoms with Gasteiger partial charge in [0.2, 0.25) is 0 Å². The number of halogens is 2. The molecule has 5 heteroatoms. The highest BCUT2D eigenvalue weighted by Gasteiger charge is 2.55. The zero-order chi connectivity index (χ0) is 12.1. The van der Waals surface area contributed by atoms with Gasteiger partial charge in [0.25, 0.3) is 0 Å². The molecule has 3 aliphatic carbocycles. The molecule has 2 unspecified atom stereocenters. The third-order valence-corrected chi connectivity index (χ3v) is 3.72. The lowest BCUT2D eigenvalue weighted by Crippen LogP contribution is -2.59. The summed E-state index contributed by atoms with van der Waals surface area (Å²) in [6.07, 6.45) is 1.49. The number of aliphatic hydroxyl groups is 1. The van der Waals surface area contributed by atoms with Crippen LogP contribution in [-0.4, -0.2) is 28.7 Å². The zero-order valence-electron chi connectivity index (χ0n) is 9.37. The maximum atomic E-state index is 12.7. The van der Waals surface area contributed by atoms with Crippen molar-refractivity contribution in [3.63, 3.8) is 0 Å². The molecule has 3 saturated carbocycles. The van der Waals surface area contributed by atoms with Gasteiger partial charge < -0.3 is 9.84 Å². The smallest absolute Gasteiger partial charge is 0.377 e. The van der Waals surface area contributed by atoms with Crippen LogP contribution < -0.4 is 0 Å². The Hall–Kier alpha value is -0.710. The Labute approximate surface area is 92.8 Å². The molecule has 0 radical (unpaired) electrons. The van der Waals surface area contributed by atoms with Crippen LogP contribution >= 0.6 is 0 Å². The third-order valence-electron chi connectivity index (χ3n) is 3.72. The minimum absolute atomic E-state index is 0.0991. The number of carbonyl (C=O) groups is 1. The fourth-order valence-electron chi connectivity index (χ4n) is 2.81. The second-order valence-corrected chi connectivity index (χ2v) is 5.34. The minimum atomic E-state index is -3.50. The van der Waals surface area contributed by atoms with E-state index in [0.717, 1.165) is 12.8 Å². The number of rotatable bonds is 2. The standard InChI is InChI=1S/C11H16F2O3/c1-10(16-9(15)11(2,12)13)5-6-3-7(4-6)8(10)14/h6-8,14H,3-5H2,1-2H3. The van der Waals surface area contributed by atoms with E-state index in [4.69, 9.17) is 4.74 Å². The van der Waals surface area contributed by atoms with Crippen molar-refractivity contribution in [1.29, 1.82) is 0 Å². The molecular formula is C11H16F2O3. The van der Waals surface area contributed by atoms with Crippen molar-refractivity contribution in [2.45, 2.75) is 50.7 Å². The number of carbonyl (C=O) groups excluding carboxylic acids is 1. The lowest BCUT2D eigenvalue weighted by atomic mass is 9.58. The van der Waals surface area contributed by atoms with Crippen molar-refractivity contribution in [2.24, 2.45) is 11.8 Å². The Bertz CT molecular complexity index is 307. The summed E-state index contributed by atoms with van der Waals surface area (Å²) in [7, 11) is 0. The van der Waals surface area contributed by atoms with E-state index < -0.39 is 23.6 Å². The molecule has 92 valence electrons. The van der Waals surface area contributed by atoms with Crippen LogP contribution in [0.4, 0.5) is 8.78 Å². The van der Waals surface area contributed by atoms with Crippen LogP contribution in [0, 0.1) is 11.8 Å². The molecule has 3 aliphatic rings. The van der Waals surface area contributed by atoms with Gasteiger partial charge in [0.1, 0.15) is 5.60 Å². The van der Waals surface area contributed by atoms with E-state index in [1.165, 1.54) is 0 Å². The van der Waals surface area contributed by atoms with Crippen LogP contribution in [-0.2, 0) is 9.53 Å². The normalized spacial score (nSPS) is 42.4. The Morgan fingerprint density at radius 3 is 2.50 bits per heavy atom. The highest BCUT2D eigenvalue weighted by atomic mass is 19.3. The van der Waals surface area contributed by atoms with Crippen LogP contribution in [0.2, 0.25) is 0 Å². The lowest BCUT2D eigenvalue weighted by Gasteiger charge is -2.53. The van der Waals surface area contributed by atoms with Gasteiger partial charge in [0, 0.05) is 6.92 Å². The van der Waals surface area contributed by atoms with Gasteiger partial charge in [-0.2, -0.15) is 8.78 Å². The second kappa shape index (κ2) is 3.39. The van der Waals surface area contributed by atoms with Gasteiger partial charge in [-0.25, -0.2) is 4.79 Å². The van der Waals surface area contributed by atoms with Crippen LogP contribution in [0.1, 0.15) is 33.1 Å². The van der Waals surface area contributed by atoms with Crippen molar-refractivity contribution in [3.05, 3.63) is 0 Å². The minimum Gasteiger partial charge on any atom is -0.452 e. The summed E-state index contributed by atoms with van der Waals surface area (Å²) in [6, 6.07) is 0. The zero-order valence-corrected chi connectivity index (χ0v) is 9.37. The molecule has 3 nitrogen and oxygen atoms in total. The van der Waals surface area contributed by atoms with Gasteiger partial charge in [-0.1, -0.05) is 0 Å². The van der Waals surface area contributed by atoms with Gasteiger partial charge in [-0.15, -0.1) is 0 Å². The molecule has 0 amide bonds. The van der Waals surface area contributed by atoms with Crippen LogP contribution in [0.15, 0.2) is 0 Å². The van der Waals surface area contributed by atoms with Crippen molar-refractivity contribution in [1.82, 2.24) is 0 Å². The molecule has 0 aliphatic heterocycles. The summed E-state index contributed by atoms with van der Waals surface area (Å²) >= 11 is 0. The fourth-order valence-corrected chi connectivity index (χ4v) is 2.81. The Balaban J connectivity index is 2.06. The Kier molecular flexibility index (Phi) is 2.49. The van der Waals surface area contributed by atoms with Crippen molar-refractivity contribution in [3.8, 4) is 0 Å². The van der Waals surface area contributed by atoms with Crippen LogP contribution in [0.25, 0.3) is 0 Å². The summed E-state index contributed by atoms with van der Waals surface area (Å²) in [4.78, 5) is 11.1. The highest BCUT2D eigenvalue weighted by Crippen LogP contribution is 2.51. The molecule has 0 aromatic heterocycles. The van der Waals surface area contributed by atoms with Crippen LogP contribution in [0.5, 0.6) is 0 Å². The molecule has 0 heterocycles. The van der Waals surface area contributed by atoms with Gasteiger partial charge in [0.05, 0.1) is 6.10 Å². The van der Waals surface area contributed by atoms with Gasteiger partial charge in [0.15, 0.2) is 0 Å². The highest BCUT2D eigenvalue weighted by molar-refractivity contribution is 5.77. The number of esters is 1. The Morgan fingerprint density at radius 2 is 2.06 bits per heavy atom. The first kappa shape index (κ1) is 11.8. The van der Waals surface area contributed by atoms with E-state index in [0.29, 0.717) is 19.3 Å². The third kappa shape index (κ3) is 1.81. The molecular weight excluding hydrogens is 218 g/mol. The van der Waals surface area contributed by atoms with Crippen molar-refractivity contribution >= 4 is 5.97 Å². The summed E-state index contributed by atoms with van der Waals surface area (Å²) in [5.41, 5.74) is -1.14. The van der Waals surface area contributed by atoms with Crippen LogP contribution in [0.3, 0.4) is 0 Å². The van der Waals surface area contributed by atoms with Gasteiger partial charge >= 0.3 is 11.9 Å². The molecule has 0 saturated heterocycles. The van der Waals surface area contributed by atoms with E-state index in [2.05, 4.69) is 0 Å². The lowest BCUT2D eigenvalue weighted by molar-refractivity contribution is -0.222. The van der Waals surface area contributed by atoms with E-state index in [1.807, 2.05) is 0 Å². The maximum Gasteiger partial charge on any atom is 0.377 e. The monoisotopic (exact) mass is 234 g/mol. The average molecular weight is 234 g/mol. The van der Waals surface area contributed by atoms with E-state index >= 15 is 0 Å². The average Bonchev–Trinajstić information content (AvgIpc) is 2.05. The molecule has 3 rings (SSSR count).